The molecule has 0 aliphatic carbocycles. The van der Waals surface area contributed by atoms with E-state index in [4.69, 9.17) is 24.4 Å². The van der Waals surface area contributed by atoms with Crippen molar-refractivity contribution >= 4 is 22.8 Å². The number of ether oxygens (including phenoxy) is 2. The summed E-state index contributed by atoms with van der Waals surface area (Å²) in [6, 6.07) is 11.4. The Morgan fingerprint density at radius 1 is 1.00 bits per heavy atom. The van der Waals surface area contributed by atoms with Crippen molar-refractivity contribution < 1.29 is 9.47 Å². The summed E-state index contributed by atoms with van der Waals surface area (Å²) in [4.78, 5) is 30.3. The lowest BCUT2D eigenvalue weighted by atomic mass is 10.0. The molecule has 0 bridgehead atoms. The van der Waals surface area contributed by atoms with E-state index in [2.05, 4.69) is 28.8 Å². The van der Waals surface area contributed by atoms with Gasteiger partial charge in [-0.1, -0.05) is 23.4 Å². The van der Waals surface area contributed by atoms with Crippen LogP contribution in [0, 0.1) is 4.91 Å². The quantitative estimate of drug-likeness (QED) is 0.526. The molecule has 9 nitrogen and oxygen atoms in total. The Kier molecular flexibility index (Phi) is 6.38. The van der Waals surface area contributed by atoms with Crippen LogP contribution in [-0.4, -0.2) is 66.6 Å². The van der Waals surface area contributed by atoms with Crippen LogP contribution in [-0.2, 0) is 9.47 Å². The zero-order valence-electron chi connectivity index (χ0n) is 19.8. The summed E-state index contributed by atoms with van der Waals surface area (Å²) in [7, 11) is 0. The molecule has 9 heteroatoms. The summed E-state index contributed by atoms with van der Waals surface area (Å²) >= 11 is 0. The van der Waals surface area contributed by atoms with Gasteiger partial charge in [-0.2, -0.15) is 14.9 Å². The number of fused-ring (bicyclic) bond motifs is 1. The Bertz CT molecular complexity index is 1170. The van der Waals surface area contributed by atoms with E-state index < -0.39 is 6.04 Å². The molecule has 0 spiro atoms. The predicted molar refractivity (Wildman–Crippen MR) is 132 cm³/mol. The lowest BCUT2D eigenvalue weighted by Gasteiger charge is -2.36. The van der Waals surface area contributed by atoms with E-state index >= 15 is 0 Å². The van der Waals surface area contributed by atoms with Crippen LogP contribution in [0.25, 0.3) is 22.3 Å². The molecular formula is C25H30N6O3. The summed E-state index contributed by atoms with van der Waals surface area (Å²) in [5.41, 5.74) is 3.25. The molecule has 2 fully saturated rings. The standard InChI is InChI=1S/C25H30N6O3/c1-16-14-31(15-17(2)34-16)25-27-23-21(24(28-25)30-9-11-33-12-10-30)7-8-22(26-23)20-6-4-5-19(13-20)18(3)29-32/h4-8,13,16-18H,9-12,14-15H2,1-3H3. The number of nitrogens with zero attached hydrogens (tertiary/aromatic N) is 6. The SMILES string of the molecule is CC1CN(c2nc(N3CCOCC3)c3ccc(-c4cccc(C(C)N=O)c4)nc3n2)CC(C)O1. The fourth-order valence-corrected chi connectivity index (χ4v) is 4.66. The number of hydrogen-bond donors (Lipinski definition) is 0. The van der Waals surface area contributed by atoms with Crippen molar-refractivity contribution in [2.75, 3.05) is 49.2 Å². The van der Waals surface area contributed by atoms with Gasteiger partial charge in [-0.15, -0.1) is 0 Å². The Morgan fingerprint density at radius 2 is 1.76 bits per heavy atom. The molecule has 0 radical (unpaired) electrons. The minimum Gasteiger partial charge on any atom is -0.378 e. The number of anilines is 2. The molecule has 2 saturated heterocycles. The third-order valence-electron chi connectivity index (χ3n) is 6.36. The second kappa shape index (κ2) is 9.60. The molecule has 1 aromatic carbocycles. The fraction of sp³-hybridized carbons (Fsp3) is 0.480. The van der Waals surface area contributed by atoms with E-state index in [9.17, 15) is 4.91 Å². The van der Waals surface area contributed by atoms with Crippen molar-refractivity contribution in [3.63, 3.8) is 0 Å². The first-order valence-electron chi connectivity index (χ1n) is 11.9. The number of hydrogen-bond acceptors (Lipinski definition) is 9. The largest absolute Gasteiger partial charge is 0.378 e. The highest BCUT2D eigenvalue weighted by molar-refractivity contribution is 5.90. The number of pyridine rings is 1. The van der Waals surface area contributed by atoms with Crippen molar-refractivity contribution in [3.05, 3.63) is 46.9 Å². The van der Waals surface area contributed by atoms with E-state index in [0.717, 1.165) is 54.2 Å². The molecular weight excluding hydrogens is 432 g/mol. The predicted octanol–water partition coefficient (Wildman–Crippen LogP) is 3.97. The van der Waals surface area contributed by atoms with Crippen LogP contribution in [0.3, 0.4) is 0 Å². The van der Waals surface area contributed by atoms with Crippen molar-refractivity contribution in [1.82, 2.24) is 15.0 Å². The van der Waals surface area contributed by atoms with Gasteiger partial charge in [0.2, 0.25) is 5.95 Å². The Balaban J connectivity index is 1.60. The molecule has 2 aromatic heterocycles. The molecule has 34 heavy (non-hydrogen) atoms. The molecule has 0 saturated carbocycles. The van der Waals surface area contributed by atoms with Gasteiger partial charge in [0.15, 0.2) is 5.65 Å². The zero-order valence-corrected chi connectivity index (χ0v) is 19.8. The third-order valence-corrected chi connectivity index (χ3v) is 6.36. The molecule has 178 valence electrons. The van der Waals surface area contributed by atoms with Gasteiger partial charge in [-0.25, -0.2) is 4.98 Å². The van der Waals surface area contributed by atoms with Crippen molar-refractivity contribution in [2.45, 2.75) is 39.0 Å². The highest BCUT2D eigenvalue weighted by atomic mass is 16.5. The maximum atomic E-state index is 11.0. The van der Waals surface area contributed by atoms with Crippen LogP contribution >= 0.6 is 0 Å². The van der Waals surface area contributed by atoms with Gasteiger partial charge in [0, 0.05) is 31.7 Å². The number of nitroso groups, excluding NO2 is 1. The molecule has 3 atom stereocenters. The third kappa shape index (κ3) is 4.58. The van der Waals surface area contributed by atoms with E-state index in [0.29, 0.717) is 24.8 Å². The molecule has 3 unspecified atom stereocenters. The Labute approximate surface area is 199 Å². The van der Waals surface area contributed by atoms with Crippen LogP contribution in [0.1, 0.15) is 32.4 Å². The molecule has 4 heterocycles. The average Bonchev–Trinajstić information content (AvgIpc) is 2.87. The first-order valence-corrected chi connectivity index (χ1v) is 11.9. The lowest BCUT2D eigenvalue weighted by molar-refractivity contribution is -0.00570. The highest BCUT2D eigenvalue weighted by Gasteiger charge is 2.26. The van der Waals surface area contributed by atoms with Crippen LogP contribution in [0.4, 0.5) is 11.8 Å². The average molecular weight is 463 g/mol. The first kappa shape index (κ1) is 22.6. The van der Waals surface area contributed by atoms with Crippen LogP contribution in [0.15, 0.2) is 41.6 Å². The zero-order chi connectivity index (χ0) is 23.7. The molecule has 0 amide bonds. The van der Waals surface area contributed by atoms with E-state index in [1.54, 1.807) is 6.92 Å². The van der Waals surface area contributed by atoms with Crippen LogP contribution in [0.2, 0.25) is 0 Å². The van der Waals surface area contributed by atoms with Gasteiger partial charge in [0.1, 0.15) is 11.9 Å². The second-order valence-electron chi connectivity index (χ2n) is 9.08. The number of morpholine rings is 2. The fourth-order valence-electron chi connectivity index (χ4n) is 4.66. The van der Waals surface area contributed by atoms with Crippen LogP contribution < -0.4 is 9.80 Å². The maximum Gasteiger partial charge on any atom is 0.229 e. The van der Waals surface area contributed by atoms with Crippen molar-refractivity contribution in [1.29, 1.82) is 0 Å². The second-order valence-corrected chi connectivity index (χ2v) is 9.08. The first-order chi connectivity index (χ1) is 16.5. The Morgan fingerprint density at radius 3 is 2.50 bits per heavy atom. The molecule has 0 N–H and O–H groups in total. The minimum absolute atomic E-state index is 0.102. The van der Waals surface area contributed by atoms with Gasteiger partial charge in [-0.3, -0.25) is 0 Å². The van der Waals surface area contributed by atoms with Gasteiger partial charge in [0.05, 0.1) is 36.5 Å². The molecule has 2 aliphatic rings. The topological polar surface area (TPSA) is 93.0 Å². The van der Waals surface area contributed by atoms with Crippen LogP contribution in [0.5, 0.6) is 0 Å². The molecule has 2 aliphatic heterocycles. The molecule has 3 aromatic rings. The summed E-state index contributed by atoms with van der Waals surface area (Å²) in [6.45, 7) is 10.3. The van der Waals surface area contributed by atoms with Gasteiger partial charge < -0.3 is 19.3 Å². The normalized spacial score (nSPS) is 22.1. The van der Waals surface area contributed by atoms with E-state index in [1.807, 2.05) is 36.4 Å². The molecule has 5 rings (SSSR count). The maximum absolute atomic E-state index is 11.0. The van der Waals surface area contributed by atoms with Crippen molar-refractivity contribution in [3.8, 4) is 11.3 Å². The lowest BCUT2D eigenvalue weighted by Crippen LogP contribution is -2.46. The number of benzene rings is 1. The number of aromatic nitrogens is 3. The summed E-state index contributed by atoms with van der Waals surface area (Å²) in [5, 5.41) is 4.08. The van der Waals surface area contributed by atoms with Gasteiger partial charge >= 0.3 is 0 Å². The minimum atomic E-state index is -0.410. The summed E-state index contributed by atoms with van der Waals surface area (Å²) < 4.78 is 11.5. The summed E-state index contributed by atoms with van der Waals surface area (Å²) in [5.74, 6) is 1.56. The van der Waals surface area contributed by atoms with Gasteiger partial charge in [-0.05, 0) is 44.5 Å². The van der Waals surface area contributed by atoms with Crippen molar-refractivity contribution in [2.24, 2.45) is 5.18 Å². The Hall–Kier alpha value is -3.17. The summed E-state index contributed by atoms with van der Waals surface area (Å²) in [6.07, 6.45) is 0.204. The van der Waals surface area contributed by atoms with Gasteiger partial charge in [0.25, 0.3) is 0 Å². The highest BCUT2D eigenvalue weighted by Crippen LogP contribution is 2.31. The smallest absolute Gasteiger partial charge is 0.229 e. The number of rotatable bonds is 5. The van der Waals surface area contributed by atoms with E-state index in [-0.39, 0.29) is 12.2 Å². The monoisotopic (exact) mass is 462 g/mol. The van der Waals surface area contributed by atoms with E-state index in [1.165, 1.54) is 0 Å².